The average molecular weight is 409 g/mol. The van der Waals surface area contributed by atoms with Crippen molar-refractivity contribution in [3.63, 3.8) is 0 Å². The number of nitrogens with two attached hydrogens (primary N) is 1. The molecule has 0 spiro atoms. The highest BCUT2D eigenvalue weighted by Gasteiger charge is 2.31. The zero-order chi connectivity index (χ0) is 20.1. The smallest absolute Gasteiger partial charge is 0.320 e. The molecule has 0 saturated carbocycles. The molecule has 154 valence electrons. The van der Waals surface area contributed by atoms with Gasteiger partial charge < -0.3 is 15.1 Å². The number of rotatable bonds is 5. The molecule has 2 aliphatic rings. The summed E-state index contributed by atoms with van der Waals surface area (Å²) in [4.78, 5) is 28.8. The number of benzene rings is 1. The number of hydrogen-bond donors (Lipinski definition) is 2. The molecule has 0 aromatic heterocycles. The van der Waals surface area contributed by atoms with Crippen LogP contribution in [-0.2, 0) is 21.2 Å². The standard InChI is InChI=1S/C19H28N4O4S/c20-28(26,27)17-7-5-15(6-8-17)9-10-21-18(24)16-4-3-13-23(14-16)19(25)22-11-1-2-12-22/h5-8,16H,1-4,9-14H2,(H,21,24)(H2,20,26,27)/t16-/m0/s1. The Morgan fingerprint density at radius 2 is 1.68 bits per heavy atom. The summed E-state index contributed by atoms with van der Waals surface area (Å²) in [6.07, 6.45) is 4.34. The third-order valence-corrected chi connectivity index (χ3v) is 6.33. The second-order valence-electron chi connectivity index (χ2n) is 7.49. The van der Waals surface area contributed by atoms with E-state index in [0.29, 0.717) is 19.5 Å². The van der Waals surface area contributed by atoms with Crippen LogP contribution in [0.1, 0.15) is 31.2 Å². The highest BCUT2D eigenvalue weighted by Crippen LogP contribution is 2.20. The summed E-state index contributed by atoms with van der Waals surface area (Å²) < 4.78 is 22.5. The summed E-state index contributed by atoms with van der Waals surface area (Å²) in [6.45, 7) is 3.29. The molecule has 2 fully saturated rings. The first-order valence-corrected chi connectivity index (χ1v) is 11.3. The highest BCUT2D eigenvalue weighted by molar-refractivity contribution is 7.89. The molecule has 1 atom stereocenters. The van der Waals surface area contributed by atoms with Crippen molar-refractivity contribution in [1.29, 1.82) is 0 Å². The summed E-state index contributed by atoms with van der Waals surface area (Å²) in [5.74, 6) is -0.204. The van der Waals surface area contributed by atoms with E-state index in [-0.39, 0.29) is 22.8 Å². The van der Waals surface area contributed by atoms with Gasteiger partial charge in [0, 0.05) is 32.7 Å². The third kappa shape index (κ3) is 5.23. The molecular weight excluding hydrogens is 380 g/mol. The Bertz CT molecular complexity index is 804. The van der Waals surface area contributed by atoms with Gasteiger partial charge in [-0.3, -0.25) is 4.79 Å². The first kappa shape index (κ1) is 20.6. The lowest BCUT2D eigenvalue weighted by molar-refractivity contribution is -0.126. The normalized spacial score (nSPS) is 20.2. The predicted molar refractivity (Wildman–Crippen MR) is 105 cm³/mol. The fourth-order valence-corrected chi connectivity index (χ4v) is 4.31. The second kappa shape index (κ2) is 8.91. The van der Waals surface area contributed by atoms with Crippen LogP contribution in [0.3, 0.4) is 0 Å². The lowest BCUT2D eigenvalue weighted by atomic mass is 9.97. The fourth-order valence-electron chi connectivity index (χ4n) is 3.79. The Morgan fingerprint density at radius 3 is 2.32 bits per heavy atom. The number of carbonyl (C=O) groups excluding carboxylic acids is 2. The molecule has 3 N–H and O–H groups in total. The zero-order valence-electron chi connectivity index (χ0n) is 16.0. The summed E-state index contributed by atoms with van der Waals surface area (Å²) >= 11 is 0. The van der Waals surface area contributed by atoms with Gasteiger partial charge >= 0.3 is 6.03 Å². The van der Waals surface area contributed by atoms with Gasteiger partial charge in [0.05, 0.1) is 10.8 Å². The molecule has 28 heavy (non-hydrogen) atoms. The average Bonchev–Trinajstić information content (AvgIpc) is 3.22. The quantitative estimate of drug-likeness (QED) is 0.754. The Kier molecular flexibility index (Phi) is 6.56. The topological polar surface area (TPSA) is 113 Å². The van der Waals surface area contributed by atoms with Crippen LogP contribution in [0.4, 0.5) is 4.79 Å². The molecule has 9 heteroatoms. The van der Waals surface area contributed by atoms with Gasteiger partial charge in [-0.15, -0.1) is 0 Å². The largest absolute Gasteiger partial charge is 0.355 e. The van der Waals surface area contributed by atoms with Crippen molar-refractivity contribution in [3.05, 3.63) is 29.8 Å². The summed E-state index contributed by atoms with van der Waals surface area (Å²) in [7, 11) is -3.69. The van der Waals surface area contributed by atoms with Gasteiger partial charge in [-0.1, -0.05) is 12.1 Å². The number of hydrogen-bond acceptors (Lipinski definition) is 4. The monoisotopic (exact) mass is 408 g/mol. The van der Waals surface area contributed by atoms with Crippen LogP contribution in [0, 0.1) is 5.92 Å². The van der Waals surface area contributed by atoms with Crippen LogP contribution < -0.4 is 10.5 Å². The minimum atomic E-state index is -3.69. The van der Waals surface area contributed by atoms with Crippen molar-refractivity contribution in [3.8, 4) is 0 Å². The van der Waals surface area contributed by atoms with E-state index in [1.165, 1.54) is 12.1 Å². The minimum absolute atomic E-state index is 0.0277. The van der Waals surface area contributed by atoms with Crippen LogP contribution in [0.15, 0.2) is 29.2 Å². The van der Waals surface area contributed by atoms with Crippen LogP contribution >= 0.6 is 0 Å². The number of urea groups is 1. The molecule has 3 rings (SSSR count). The van der Waals surface area contributed by atoms with Crippen LogP contribution in [0.2, 0.25) is 0 Å². The van der Waals surface area contributed by atoms with Crippen molar-refractivity contribution in [2.24, 2.45) is 11.1 Å². The molecule has 0 aliphatic carbocycles. The van der Waals surface area contributed by atoms with E-state index < -0.39 is 10.0 Å². The van der Waals surface area contributed by atoms with E-state index in [1.807, 2.05) is 9.80 Å². The van der Waals surface area contributed by atoms with E-state index in [0.717, 1.165) is 50.9 Å². The van der Waals surface area contributed by atoms with Gasteiger partial charge in [0.2, 0.25) is 15.9 Å². The second-order valence-corrected chi connectivity index (χ2v) is 9.05. The summed E-state index contributed by atoms with van der Waals surface area (Å²) in [6, 6.07) is 6.39. The highest BCUT2D eigenvalue weighted by atomic mass is 32.2. The maximum absolute atomic E-state index is 12.5. The number of nitrogens with zero attached hydrogens (tertiary/aromatic N) is 2. The number of primary sulfonamides is 1. The van der Waals surface area contributed by atoms with E-state index >= 15 is 0 Å². The SMILES string of the molecule is NS(=O)(=O)c1ccc(CCNC(=O)[C@H]2CCCN(C(=O)N3CCCC3)C2)cc1. The van der Waals surface area contributed by atoms with E-state index in [9.17, 15) is 18.0 Å². The van der Waals surface area contributed by atoms with Gasteiger partial charge in [-0.05, 0) is 49.8 Å². The Labute approximate surface area is 166 Å². The maximum atomic E-state index is 12.5. The third-order valence-electron chi connectivity index (χ3n) is 5.40. The zero-order valence-corrected chi connectivity index (χ0v) is 16.8. The summed E-state index contributed by atoms with van der Waals surface area (Å²) in [5, 5.41) is 8.03. The number of nitrogens with one attached hydrogen (secondary N) is 1. The number of carbonyl (C=O) groups is 2. The molecule has 1 aromatic carbocycles. The first-order chi connectivity index (χ1) is 13.3. The van der Waals surface area contributed by atoms with Crippen molar-refractivity contribution >= 4 is 22.0 Å². The van der Waals surface area contributed by atoms with Crippen molar-refractivity contribution < 1.29 is 18.0 Å². The van der Waals surface area contributed by atoms with Gasteiger partial charge in [-0.2, -0.15) is 0 Å². The molecular formula is C19H28N4O4S. The molecule has 1 aromatic rings. The van der Waals surface area contributed by atoms with E-state index in [1.54, 1.807) is 12.1 Å². The van der Waals surface area contributed by atoms with Gasteiger partial charge in [0.1, 0.15) is 0 Å². The van der Waals surface area contributed by atoms with Crippen molar-refractivity contribution in [2.75, 3.05) is 32.7 Å². The number of amides is 3. The van der Waals surface area contributed by atoms with Gasteiger partial charge in [0.25, 0.3) is 0 Å². The van der Waals surface area contributed by atoms with Crippen LogP contribution in [0.25, 0.3) is 0 Å². The minimum Gasteiger partial charge on any atom is -0.355 e. The Hall–Kier alpha value is -2.13. The molecule has 2 heterocycles. The molecule has 0 unspecified atom stereocenters. The molecule has 0 radical (unpaired) electrons. The summed E-state index contributed by atoms with van der Waals surface area (Å²) in [5.41, 5.74) is 0.919. The van der Waals surface area contributed by atoms with Crippen LogP contribution in [-0.4, -0.2) is 62.9 Å². The van der Waals surface area contributed by atoms with E-state index in [2.05, 4.69) is 5.32 Å². The van der Waals surface area contributed by atoms with Crippen molar-refractivity contribution in [1.82, 2.24) is 15.1 Å². The fraction of sp³-hybridized carbons (Fsp3) is 0.579. The van der Waals surface area contributed by atoms with Gasteiger partial charge in [-0.25, -0.2) is 18.4 Å². The molecule has 0 bridgehead atoms. The lowest BCUT2D eigenvalue weighted by Crippen LogP contribution is -2.49. The first-order valence-electron chi connectivity index (χ1n) is 9.78. The molecule has 3 amide bonds. The maximum Gasteiger partial charge on any atom is 0.320 e. The molecule has 2 saturated heterocycles. The number of piperidine rings is 1. The van der Waals surface area contributed by atoms with Gasteiger partial charge in [0.15, 0.2) is 0 Å². The number of likely N-dealkylation sites (tertiary alicyclic amines) is 2. The van der Waals surface area contributed by atoms with Crippen LogP contribution in [0.5, 0.6) is 0 Å². The molecule has 8 nitrogen and oxygen atoms in total. The van der Waals surface area contributed by atoms with Crippen molar-refractivity contribution in [2.45, 2.75) is 37.0 Å². The lowest BCUT2D eigenvalue weighted by Gasteiger charge is -2.34. The number of sulfonamides is 1. The Morgan fingerprint density at radius 1 is 1.04 bits per heavy atom. The Balaban J connectivity index is 1.46. The predicted octanol–water partition coefficient (Wildman–Crippen LogP) is 0.920. The molecule has 2 aliphatic heterocycles. The van der Waals surface area contributed by atoms with E-state index in [4.69, 9.17) is 5.14 Å².